The highest BCUT2D eigenvalue weighted by atomic mass is 35.5. The van der Waals surface area contributed by atoms with Crippen LogP contribution in [0.15, 0.2) is 59.4 Å². The summed E-state index contributed by atoms with van der Waals surface area (Å²) < 4.78 is 16.1. The molecule has 37 heavy (non-hydrogen) atoms. The number of carbonyl (C=O) groups excluding carboxylic acids is 3. The minimum atomic E-state index is -1.47. The number of aldehydes is 1. The molecular formula is C27H27ClN2O7. The standard InChI is InChI=1S/C27H27ClN2O7/c28-20-7-5-18(6-8-20)26(33)22(15-19-16-24(32)29-23-4-2-1-3-21(19)23)27(34)37-25(17-31)36-14-11-30-9-12-35-13-10-30/h1-8,16-17,22,25H,9-15H2,(H,29,32). The van der Waals surface area contributed by atoms with Crippen LogP contribution in [0.1, 0.15) is 15.9 Å². The lowest BCUT2D eigenvalue weighted by atomic mass is 9.90. The van der Waals surface area contributed by atoms with Gasteiger partial charge in [0.1, 0.15) is 5.92 Å². The number of aromatic nitrogens is 1. The topological polar surface area (TPSA) is 115 Å². The number of ketones is 1. The molecule has 4 rings (SSSR count). The summed E-state index contributed by atoms with van der Waals surface area (Å²) in [5, 5.41) is 1.13. The summed E-state index contributed by atoms with van der Waals surface area (Å²) in [5.74, 6) is -2.77. The zero-order valence-electron chi connectivity index (χ0n) is 20.1. The molecular weight excluding hydrogens is 500 g/mol. The molecule has 1 aromatic heterocycles. The van der Waals surface area contributed by atoms with Gasteiger partial charge in [-0.15, -0.1) is 0 Å². The third-order valence-corrected chi connectivity index (χ3v) is 6.38. The molecule has 9 nitrogen and oxygen atoms in total. The van der Waals surface area contributed by atoms with Crippen LogP contribution in [0, 0.1) is 5.92 Å². The monoisotopic (exact) mass is 526 g/mol. The normalized spacial score (nSPS) is 15.7. The van der Waals surface area contributed by atoms with Crippen molar-refractivity contribution in [1.29, 1.82) is 0 Å². The smallest absolute Gasteiger partial charge is 0.319 e. The molecule has 0 spiro atoms. The number of H-pyrrole nitrogens is 1. The Balaban J connectivity index is 1.54. The highest BCUT2D eigenvalue weighted by Crippen LogP contribution is 2.23. The first-order valence-corrected chi connectivity index (χ1v) is 12.3. The first-order chi connectivity index (χ1) is 17.9. The molecule has 0 bridgehead atoms. The zero-order chi connectivity index (χ0) is 26.2. The molecule has 1 aliphatic heterocycles. The minimum absolute atomic E-state index is 0.107. The van der Waals surface area contributed by atoms with Crippen molar-refractivity contribution in [3.63, 3.8) is 0 Å². The number of esters is 1. The van der Waals surface area contributed by atoms with Crippen LogP contribution in [-0.2, 0) is 30.2 Å². The second-order valence-electron chi connectivity index (χ2n) is 8.60. The van der Waals surface area contributed by atoms with Crippen molar-refractivity contribution < 1.29 is 28.6 Å². The van der Waals surface area contributed by atoms with Crippen LogP contribution >= 0.6 is 11.6 Å². The third-order valence-electron chi connectivity index (χ3n) is 6.13. The number of nitrogens with one attached hydrogen (secondary N) is 1. The minimum Gasteiger partial charge on any atom is -0.428 e. The lowest BCUT2D eigenvalue weighted by molar-refractivity contribution is -0.182. The van der Waals surface area contributed by atoms with Gasteiger partial charge in [0.25, 0.3) is 6.29 Å². The fraction of sp³-hybridized carbons (Fsp3) is 0.333. The van der Waals surface area contributed by atoms with E-state index in [9.17, 15) is 19.2 Å². The largest absolute Gasteiger partial charge is 0.428 e. The molecule has 2 unspecified atom stereocenters. The summed E-state index contributed by atoms with van der Waals surface area (Å²) in [7, 11) is 0. The zero-order valence-corrected chi connectivity index (χ0v) is 20.8. The average Bonchev–Trinajstić information content (AvgIpc) is 2.91. The summed E-state index contributed by atoms with van der Waals surface area (Å²) in [6.45, 7) is 3.44. The number of hydrogen-bond donors (Lipinski definition) is 1. The van der Waals surface area contributed by atoms with Gasteiger partial charge >= 0.3 is 5.97 Å². The number of nitrogens with zero attached hydrogens (tertiary/aromatic N) is 1. The number of para-hydroxylation sites is 1. The van der Waals surface area contributed by atoms with E-state index in [1.54, 1.807) is 36.4 Å². The highest BCUT2D eigenvalue weighted by molar-refractivity contribution is 6.30. The predicted octanol–water partition coefficient (Wildman–Crippen LogP) is 2.64. The van der Waals surface area contributed by atoms with Crippen molar-refractivity contribution in [3.05, 3.63) is 81.1 Å². The van der Waals surface area contributed by atoms with E-state index in [0.29, 0.717) is 47.5 Å². The number of rotatable bonds is 11. The lowest BCUT2D eigenvalue weighted by Gasteiger charge is -2.26. The number of halogens is 1. The summed E-state index contributed by atoms with van der Waals surface area (Å²) in [6, 6.07) is 14.6. The van der Waals surface area contributed by atoms with E-state index < -0.39 is 24.0 Å². The molecule has 1 aliphatic rings. The van der Waals surface area contributed by atoms with Gasteiger partial charge in [0, 0.05) is 47.2 Å². The van der Waals surface area contributed by atoms with Crippen molar-refractivity contribution in [2.75, 3.05) is 39.5 Å². The number of fused-ring (bicyclic) bond motifs is 1. The van der Waals surface area contributed by atoms with Gasteiger partial charge in [-0.05, 0) is 42.3 Å². The van der Waals surface area contributed by atoms with Gasteiger partial charge in [-0.1, -0.05) is 29.8 Å². The average molecular weight is 527 g/mol. The Labute approximate surface area is 218 Å². The van der Waals surface area contributed by atoms with Gasteiger partial charge < -0.3 is 19.2 Å². The maximum Gasteiger partial charge on any atom is 0.319 e. The Morgan fingerprint density at radius 3 is 2.57 bits per heavy atom. The van der Waals surface area contributed by atoms with Crippen molar-refractivity contribution in [2.45, 2.75) is 12.7 Å². The van der Waals surface area contributed by atoms with E-state index in [0.717, 1.165) is 13.1 Å². The van der Waals surface area contributed by atoms with Gasteiger partial charge in [-0.2, -0.15) is 0 Å². The number of pyridine rings is 1. The quantitative estimate of drug-likeness (QED) is 0.133. The van der Waals surface area contributed by atoms with Crippen molar-refractivity contribution in [3.8, 4) is 0 Å². The Kier molecular flexibility index (Phi) is 9.19. The molecule has 2 heterocycles. The Bertz CT molecular complexity index is 1300. The van der Waals surface area contributed by atoms with Crippen LogP contribution in [0.3, 0.4) is 0 Å². The van der Waals surface area contributed by atoms with Gasteiger partial charge in [0.05, 0.1) is 19.8 Å². The van der Waals surface area contributed by atoms with Crippen molar-refractivity contribution in [2.24, 2.45) is 5.92 Å². The van der Waals surface area contributed by atoms with Crippen molar-refractivity contribution in [1.82, 2.24) is 9.88 Å². The number of carbonyl (C=O) groups is 3. The van der Waals surface area contributed by atoms with Crippen LogP contribution in [0.4, 0.5) is 0 Å². The molecule has 0 radical (unpaired) electrons. The molecule has 0 saturated carbocycles. The molecule has 1 fully saturated rings. The SMILES string of the molecule is O=CC(OCCN1CCOCC1)OC(=O)C(Cc1cc(=O)[nH]c2ccccc12)C(=O)c1ccc(Cl)cc1. The molecule has 1 saturated heterocycles. The number of aromatic amines is 1. The number of hydrogen-bond acceptors (Lipinski definition) is 8. The molecule has 0 aliphatic carbocycles. The van der Waals surface area contributed by atoms with Crippen LogP contribution in [0.2, 0.25) is 5.02 Å². The Hall–Kier alpha value is -3.37. The molecule has 10 heteroatoms. The number of benzene rings is 2. The first kappa shape index (κ1) is 26.7. The van der Waals surface area contributed by atoms with Crippen LogP contribution in [0.25, 0.3) is 10.9 Å². The summed E-state index contributed by atoms with van der Waals surface area (Å²) in [5.41, 5.74) is 0.959. The van der Waals surface area contributed by atoms with Gasteiger partial charge in [-0.3, -0.25) is 24.1 Å². The van der Waals surface area contributed by atoms with Gasteiger partial charge in [-0.25, -0.2) is 0 Å². The van der Waals surface area contributed by atoms with E-state index in [2.05, 4.69) is 9.88 Å². The maximum absolute atomic E-state index is 13.4. The summed E-state index contributed by atoms with van der Waals surface area (Å²) in [6.07, 6.45) is -1.20. The molecule has 0 amide bonds. The molecule has 3 aromatic rings. The molecule has 1 N–H and O–H groups in total. The van der Waals surface area contributed by atoms with E-state index in [1.807, 2.05) is 0 Å². The van der Waals surface area contributed by atoms with E-state index in [1.165, 1.54) is 18.2 Å². The van der Waals surface area contributed by atoms with Crippen LogP contribution < -0.4 is 5.56 Å². The fourth-order valence-electron chi connectivity index (χ4n) is 4.18. The molecule has 194 valence electrons. The lowest BCUT2D eigenvalue weighted by Crippen LogP contribution is -2.39. The van der Waals surface area contributed by atoms with E-state index in [-0.39, 0.29) is 24.2 Å². The van der Waals surface area contributed by atoms with Crippen molar-refractivity contribution >= 4 is 40.5 Å². The summed E-state index contributed by atoms with van der Waals surface area (Å²) >= 11 is 5.96. The molecule has 2 aromatic carbocycles. The Morgan fingerprint density at radius 1 is 1.11 bits per heavy atom. The number of Topliss-reactive ketones (excluding diaryl/α,β-unsaturated/α-hetero) is 1. The second-order valence-corrected chi connectivity index (χ2v) is 9.03. The number of ether oxygens (including phenoxy) is 3. The summed E-state index contributed by atoms with van der Waals surface area (Å²) in [4.78, 5) is 55.4. The fourth-order valence-corrected chi connectivity index (χ4v) is 4.31. The number of morpholine rings is 1. The highest BCUT2D eigenvalue weighted by Gasteiger charge is 2.32. The van der Waals surface area contributed by atoms with Gasteiger partial charge in [0.2, 0.25) is 5.56 Å². The molecule has 2 atom stereocenters. The van der Waals surface area contributed by atoms with Crippen LogP contribution in [-0.4, -0.2) is 73.7 Å². The second kappa shape index (κ2) is 12.7. The predicted molar refractivity (Wildman–Crippen MR) is 137 cm³/mol. The van der Waals surface area contributed by atoms with Gasteiger partial charge in [0.15, 0.2) is 12.1 Å². The van der Waals surface area contributed by atoms with E-state index >= 15 is 0 Å². The third kappa shape index (κ3) is 7.11. The van der Waals surface area contributed by atoms with E-state index in [4.69, 9.17) is 25.8 Å². The first-order valence-electron chi connectivity index (χ1n) is 11.9. The van der Waals surface area contributed by atoms with Crippen LogP contribution in [0.5, 0.6) is 0 Å². The maximum atomic E-state index is 13.4. The Morgan fingerprint density at radius 2 is 1.84 bits per heavy atom.